The van der Waals surface area contributed by atoms with Gasteiger partial charge in [-0.2, -0.15) is 5.48 Å². The van der Waals surface area contributed by atoms with Crippen molar-refractivity contribution in [3.05, 3.63) is 102 Å². The maximum absolute atomic E-state index is 15.1. The van der Waals surface area contributed by atoms with E-state index in [4.69, 9.17) is 22.0 Å². The van der Waals surface area contributed by atoms with Gasteiger partial charge in [-0.15, -0.1) is 0 Å². The molecule has 6 rings (SSSR count). The van der Waals surface area contributed by atoms with Crippen LogP contribution >= 0.6 is 0 Å². The summed E-state index contributed by atoms with van der Waals surface area (Å²) < 4.78 is 0. The van der Waals surface area contributed by atoms with Crippen molar-refractivity contribution in [1.29, 1.82) is 0 Å². The fourth-order valence-corrected chi connectivity index (χ4v) is 11.3. The van der Waals surface area contributed by atoms with E-state index in [9.17, 15) is 73.2 Å². The Hall–Kier alpha value is -10.3. The summed E-state index contributed by atoms with van der Waals surface area (Å²) in [7, 11) is 0. The standard InChI is InChI=1S/C66H92N16O17/c1-4-5-17-46(76-64(97)55(36(2)84)81-61(94)50(30-39-21-23-41(86)24-22-39)78-62(95)52(35-83)73-37(3)85)57(90)77-48-25-26-54(88)99-72-28-12-11-19-45(56(67)89)74-60(93)51(31-40-33-71-44-18-10-9-16-43(40)44)79-58(91)47(20-13-27-70-66(68)69)75-59(92)49(29-38-14-7-6-8-15-38)80-63(96)53-32-42(87)34-82(53)65(48)98/h6-10,14-16,18,21-24,33,36,42,45-53,55,71-72,83-84,86-87H,4-5,11-13,17,19-20,25-32,34-35H2,1-3H3,(H2,67,89)(H,73,85)(H,74,93)(H,75,92)(H,76,97)(H,77,90)(H,78,95)(H,79,91)(H,80,96)(H,81,94)(H4,68,69,70)/t36?,42?,45-,46-,47-,48-,49+,50-,51-,52-,53-,55-/m0/s1. The summed E-state index contributed by atoms with van der Waals surface area (Å²) >= 11 is 0. The number of hydrogen-bond acceptors (Lipinski definition) is 19. The Kier molecular flexibility index (Phi) is 30.3. The van der Waals surface area contributed by atoms with Gasteiger partial charge in [-0.05, 0) is 86.8 Å². The molecule has 3 aromatic carbocycles. The number of aliphatic hydroxyl groups is 3. The number of primary amides is 1. The van der Waals surface area contributed by atoms with Crippen molar-refractivity contribution in [2.75, 3.05) is 26.2 Å². The predicted molar refractivity (Wildman–Crippen MR) is 358 cm³/mol. The molecule has 538 valence electrons. The van der Waals surface area contributed by atoms with E-state index >= 15 is 4.79 Å². The number of aromatic amines is 1. The van der Waals surface area contributed by atoms with Crippen LogP contribution in [0, 0.1) is 0 Å². The molecule has 0 bridgehead atoms. The second kappa shape index (κ2) is 38.6. The number of unbranched alkanes of at least 4 members (excludes halogenated alkanes) is 1. The molecule has 2 aliphatic rings. The van der Waals surface area contributed by atoms with E-state index in [2.05, 4.69) is 63.3 Å². The molecule has 2 aliphatic heterocycles. The molecule has 11 amide bonds. The quantitative estimate of drug-likeness (QED) is 0.0173. The van der Waals surface area contributed by atoms with Crippen molar-refractivity contribution in [2.24, 2.45) is 22.2 Å². The first-order valence-corrected chi connectivity index (χ1v) is 32.9. The van der Waals surface area contributed by atoms with Gasteiger partial charge in [0.05, 0.1) is 18.8 Å². The van der Waals surface area contributed by atoms with Crippen molar-refractivity contribution in [3.8, 4) is 5.75 Å². The summed E-state index contributed by atoms with van der Waals surface area (Å²) in [4.78, 5) is 182. The summed E-state index contributed by atoms with van der Waals surface area (Å²) in [6.45, 7) is 2.67. The first kappa shape index (κ1) is 77.8. The third kappa shape index (κ3) is 24.4. The first-order valence-electron chi connectivity index (χ1n) is 32.9. The number of fused-ring (bicyclic) bond motifs is 2. The number of amides is 11. The molecule has 2 fully saturated rings. The lowest BCUT2D eigenvalue weighted by Gasteiger charge is -2.31. The number of nitrogens with two attached hydrogens (primary N) is 3. The average Bonchev–Trinajstić information content (AvgIpc) is 1.75. The van der Waals surface area contributed by atoms with Crippen LogP contribution in [0.1, 0.15) is 108 Å². The van der Waals surface area contributed by atoms with Gasteiger partial charge in [0, 0.05) is 75.8 Å². The van der Waals surface area contributed by atoms with Gasteiger partial charge in [0.2, 0.25) is 65.0 Å². The van der Waals surface area contributed by atoms with Crippen LogP contribution in [0.5, 0.6) is 5.75 Å². The van der Waals surface area contributed by atoms with Crippen molar-refractivity contribution >= 4 is 87.8 Å². The topological polar surface area (TPSA) is 525 Å². The SMILES string of the molecule is CCCC[C@H](NC(=O)[C@@H](NC(=O)[C@H](Cc1ccc(O)cc1)NC(=O)[C@H](CO)NC(C)=O)C(C)O)C(=O)N[C@H]1CCC(=O)ONCCCC[C@@H](C(N)=O)NC(=O)[C@H](Cc2c[nH]c3ccccc23)NC(=O)[C@H](CCCN=C(N)N)NC(=O)[C@@H](Cc2ccccc2)NC(=O)[C@@H]2CC(O)CN2C1=O. The maximum Gasteiger partial charge on any atom is 0.324 e. The number of aromatic hydroxyl groups is 1. The van der Waals surface area contributed by atoms with Crippen LogP contribution in [-0.2, 0) is 81.6 Å². The molecule has 4 aromatic rings. The number of benzene rings is 3. The van der Waals surface area contributed by atoms with Gasteiger partial charge in [-0.25, -0.2) is 0 Å². The number of H-pyrrole nitrogens is 1. The number of phenolic OH excluding ortho intramolecular Hbond substituents is 1. The van der Waals surface area contributed by atoms with E-state index in [-0.39, 0.29) is 89.0 Å². The van der Waals surface area contributed by atoms with E-state index in [0.717, 1.165) is 29.7 Å². The second-order valence-electron chi connectivity index (χ2n) is 24.5. The van der Waals surface area contributed by atoms with Crippen LogP contribution < -0.4 is 70.5 Å². The Bertz CT molecular complexity index is 3480. The van der Waals surface area contributed by atoms with Crippen molar-refractivity contribution < 1.29 is 82.8 Å². The Balaban J connectivity index is 1.32. The van der Waals surface area contributed by atoms with Crippen molar-refractivity contribution in [1.82, 2.24) is 63.2 Å². The number of carbonyl (C=O) groups excluding carboxylic acids is 12. The fourth-order valence-electron chi connectivity index (χ4n) is 11.3. The van der Waals surface area contributed by atoms with Crippen molar-refractivity contribution in [2.45, 2.75) is 183 Å². The largest absolute Gasteiger partial charge is 0.508 e. The number of aromatic nitrogens is 1. The third-order valence-electron chi connectivity index (χ3n) is 16.6. The molecule has 3 heterocycles. The molecular weight excluding hydrogens is 1290 g/mol. The number of para-hydroxylation sites is 1. The summed E-state index contributed by atoms with van der Waals surface area (Å²) in [6, 6.07) is 5.85. The number of hydrogen-bond donors (Lipinski definition) is 18. The first-order chi connectivity index (χ1) is 47.2. The van der Waals surface area contributed by atoms with E-state index in [1.54, 1.807) is 55.6 Å². The number of hydroxylamine groups is 1. The van der Waals surface area contributed by atoms with E-state index in [1.165, 1.54) is 24.3 Å². The number of nitrogens with zero attached hydrogens (tertiary/aromatic N) is 2. The molecule has 33 nitrogen and oxygen atoms in total. The predicted octanol–water partition coefficient (Wildman–Crippen LogP) is -3.64. The summed E-state index contributed by atoms with van der Waals surface area (Å²) in [6.07, 6.45) is -2.43. The lowest BCUT2D eigenvalue weighted by molar-refractivity contribution is -0.152. The van der Waals surface area contributed by atoms with Crippen molar-refractivity contribution in [3.63, 3.8) is 0 Å². The summed E-state index contributed by atoms with van der Waals surface area (Å²) in [5.74, 6) is -11.6. The summed E-state index contributed by atoms with van der Waals surface area (Å²) in [5.41, 5.74) is 21.8. The maximum atomic E-state index is 15.1. The highest BCUT2D eigenvalue weighted by atomic mass is 16.7. The highest BCUT2D eigenvalue weighted by Gasteiger charge is 2.44. The van der Waals surface area contributed by atoms with Gasteiger partial charge in [-0.1, -0.05) is 80.4 Å². The lowest BCUT2D eigenvalue weighted by atomic mass is 10.0. The zero-order valence-corrected chi connectivity index (χ0v) is 55.5. The molecule has 12 atom stereocenters. The van der Waals surface area contributed by atoms with Crippen LogP contribution in [0.2, 0.25) is 0 Å². The highest BCUT2D eigenvalue weighted by Crippen LogP contribution is 2.23. The smallest absolute Gasteiger partial charge is 0.324 e. The minimum absolute atomic E-state index is 0.000441. The Morgan fingerprint density at radius 3 is 2.04 bits per heavy atom. The minimum Gasteiger partial charge on any atom is -0.508 e. The number of aliphatic imine (C=N–C) groups is 1. The van der Waals surface area contributed by atoms with Crippen LogP contribution in [0.3, 0.4) is 0 Å². The Labute approximate surface area is 571 Å². The second-order valence-corrected chi connectivity index (χ2v) is 24.5. The Morgan fingerprint density at radius 1 is 0.717 bits per heavy atom. The molecule has 2 saturated heterocycles. The van der Waals surface area contributed by atoms with Crippen LogP contribution in [0.15, 0.2) is 90.1 Å². The Morgan fingerprint density at radius 2 is 1.36 bits per heavy atom. The molecule has 33 heteroatoms. The van der Waals surface area contributed by atoms with Crippen LogP contribution in [-0.4, -0.2) is 206 Å². The van der Waals surface area contributed by atoms with Crippen LogP contribution in [0.25, 0.3) is 10.9 Å². The molecule has 0 aliphatic carbocycles. The molecule has 99 heavy (non-hydrogen) atoms. The van der Waals surface area contributed by atoms with Gasteiger partial charge < -0.3 is 100 Å². The number of guanidine groups is 1. The van der Waals surface area contributed by atoms with Gasteiger partial charge in [0.25, 0.3) is 0 Å². The van der Waals surface area contributed by atoms with Gasteiger partial charge in [0.1, 0.15) is 66.2 Å². The van der Waals surface area contributed by atoms with E-state index in [0.29, 0.717) is 23.1 Å². The third-order valence-corrected chi connectivity index (χ3v) is 16.6. The normalized spacial score (nSPS) is 21.7. The zero-order chi connectivity index (χ0) is 72.3. The monoisotopic (exact) mass is 1380 g/mol. The molecule has 2 unspecified atom stereocenters. The van der Waals surface area contributed by atoms with Crippen LogP contribution in [0.4, 0.5) is 0 Å². The van der Waals surface area contributed by atoms with Gasteiger partial charge >= 0.3 is 5.97 Å². The number of aliphatic hydroxyl groups excluding tert-OH is 3. The number of carbonyl (C=O) groups is 12. The molecular formula is C66H92N16O17. The number of rotatable bonds is 25. The number of phenols is 1. The highest BCUT2D eigenvalue weighted by molar-refractivity contribution is 6.00. The van der Waals surface area contributed by atoms with Gasteiger partial charge in [-0.3, -0.25) is 62.5 Å². The van der Waals surface area contributed by atoms with E-state index in [1.807, 2.05) is 12.1 Å². The molecule has 0 saturated carbocycles. The molecule has 1 aromatic heterocycles. The average molecular weight is 1380 g/mol. The molecule has 0 radical (unpaired) electrons. The zero-order valence-electron chi connectivity index (χ0n) is 55.5. The molecule has 0 spiro atoms. The van der Waals surface area contributed by atoms with E-state index < -0.39 is 176 Å². The lowest BCUT2D eigenvalue weighted by Crippen LogP contribution is -2.62. The molecule has 21 N–H and O–H groups in total. The number of nitrogens with one attached hydrogen (secondary N) is 11. The van der Waals surface area contributed by atoms with Gasteiger partial charge in [0.15, 0.2) is 5.96 Å². The fraction of sp³-hybridized carbons (Fsp3) is 0.500. The minimum atomic E-state index is -1.84. The summed E-state index contributed by atoms with van der Waals surface area (Å²) in [5, 5.41) is 65.9.